The smallest absolute Gasteiger partial charge is 0.247 e. The minimum atomic E-state index is -0.531. The molecule has 3 N–H and O–H groups in total. The minimum Gasteiger partial charge on any atom is -0.506 e. The summed E-state index contributed by atoms with van der Waals surface area (Å²) in [5, 5.41) is 17.1. The molecule has 1 spiro atoms. The Morgan fingerprint density at radius 3 is 2.47 bits per heavy atom. The number of aromatic hydroxyl groups is 1. The van der Waals surface area contributed by atoms with E-state index in [0.29, 0.717) is 31.2 Å². The molecule has 3 aliphatic rings. The van der Waals surface area contributed by atoms with Crippen molar-refractivity contribution >= 4 is 23.2 Å². The van der Waals surface area contributed by atoms with Crippen LogP contribution in [0.3, 0.4) is 0 Å². The van der Waals surface area contributed by atoms with Crippen LogP contribution >= 0.6 is 0 Å². The first-order chi connectivity index (χ1) is 16.3. The number of nitrogens with zero attached hydrogens (tertiary/aromatic N) is 3. The van der Waals surface area contributed by atoms with Crippen LogP contribution in [0, 0.1) is 0 Å². The van der Waals surface area contributed by atoms with Crippen LogP contribution in [0.2, 0.25) is 0 Å². The predicted octanol–water partition coefficient (Wildman–Crippen LogP) is 4.05. The van der Waals surface area contributed by atoms with Gasteiger partial charge in [0.15, 0.2) is 5.96 Å². The van der Waals surface area contributed by atoms with Crippen LogP contribution in [0.5, 0.6) is 5.75 Å². The molecule has 1 aliphatic carbocycles. The number of likely N-dealkylation sites (tertiary alicyclic amines) is 1. The van der Waals surface area contributed by atoms with Crippen molar-refractivity contribution < 1.29 is 9.90 Å². The van der Waals surface area contributed by atoms with E-state index < -0.39 is 5.54 Å². The molecule has 2 aromatic carbocycles. The fraction of sp³-hybridized carbons (Fsp3) is 0.481. The fourth-order valence-electron chi connectivity index (χ4n) is 4.91. The fourth-order valence-corrected chi connectivity index (χ4v) is 4.91. The van der Waals surface area contributed by atoms with E-state index in [-0.39, 0.29) is 17.1 Å². The third-order valence-corrected chi connectivity index (χ3v) is 7.26. The Kier molecular flexibility index (Phi) is 5.66. The van der Waals surface area contributed by atoms with Crippen LogP contribution in [0.4, 0.5) is 11.4 Å². The van der Waals surface area contributed by atoms with Gasteiger partial charge in [-0.2, -0.15) is 0 Å². The number of para-hydroxylation sites is 1. The normalized spacial score (nSPS) is 20.6. The highest BCUT2D eigenvalue weighted by Gasteiger charge is 2.50. The number of carbonyl (C=O) groups is 1. The molecular weight excluding hydrogens is 426 g/mol. The highest BCUT2D eigenvalue weighted by Crippen LogP contribution is 2.37. The Morgan fingerprint density at radius 2 is 1.82 bits per heavy atom. The number of piperidine rings is 1. The first-order valence-electron chi connectivity index (χ1n) is 12.3. The van der Waals surface area contributed by atoms with Gasteiger partial charge in [-0.15, -0.1) is 0 Å². The maximum absolute atomic E-state index is 13.0. The Morgan fingerprint density at radius 1 is 1.12 bits per heavy atom. The van der Waals surface area contributed by atoms with E-state index >= 15 is 0 Å². The van der Waals surface area contributed by atoms with Gasteiger partial charge in [0.25, 0.3) is 0 Å². The van der Waals surface area contributed by atoms with E-state index in [1.54, 1.807) is 6.07 Å². The van der Waals surface area contributed by atoms with E-state index in [1.165, 1.54) is 0 Å². The first kappa shape index (κ1) is 22.6. The lowest BCUT2D eigenvalue weighted by molar-refractivity contribution is -0.124. The number of benzene rings is 2. The Labute approximate surface area is 201 Å². The molecule has 5 rings (SSSR count). The number of anilines is 2. The second-order valence-corrected chi connectivity index (χ2v) is 10.7. The maximum Gasteiger partial charge on any atom is 0.247 e. The van der Waals surface area contributed by atoms with Crippen molar-refractivity contribution in [3.8, 4) is 5.75 Å². The lowest BCUT2D eigenvalue weighted by Crippen LogP contribution is -2.58. The molecule has 0 unspecified atom stereocenters. The predicted molar refractivity (Wildman–Crippen MR) is 136 cm³/mol. The molecule has 0 bridgehead atoms. The van der Waals surface area contributed by atoms with Gasteiger partial charge in [-0.25, -0.2) is 4.99 Å². The molecule has 180 valence electrons. The van der Waals surface area contributed by atoms with Crippen molar-refractivity contribution in [2.24, 2.45) is 4.99 Å². The van der Waals surface area contributed by atoms with Gasteiger partial charge < -0.3 is 25.5 Å². The molecule has 7 nitrogen and oxygen atoms in total. The SMILES string of the molecule is CC(C)(C)c1ccc(O)c(NC(=NC2CC2)N2CCC3(CC2)C(=O)NCN3c2ccccc2)c1. The number of guanidine groups is 1. The van der Waals surface area contributed by atoms with E-state index in [2.05, 4.69) is 53.3 Å². The molecule has 1 amide bonds. The zero-order chi connectivity index (χ0) is 23.9. The number of carbonyl (C=O) groups excluding carboxylic acids is 1. The zero-order valence-electron chi connectivity index (χ0n) is 20.3. The number of amides is 1. The van der Waals surface area contributed by atoms with Crippen LogP contribution in [0.1, 0.15) is 52.0 Å². The molecule has 2 aromatic rings. The third-order valence-electron chi connectivity index (χ3n) is 7.26. The van der Waals surface area contributed by atoms with Gasteiger partial charge in [0, 0.05) is 18.8 Å². The van der Waals surface area contributed by atoms with Crippen molar-refractivity contribution in [3.05, 3.63) is 54.1 Å². The largest absolute Gasteiger partial charge is 0.506 e. The Hall–Kier alpha value is -3.22. The molecule has 7 heteroatoms. The van der Waals surface area contributed by atoms with Crippen molar-refractivity contribution in [2.75, 3.05) is 30.0 Å². The van der Waals surface area contributed by atoms with Gasteiger partial charge in [0.2, 0.25) is 5.91 Å². The summed E-state index contributed by atoms with van der Waals surface area (Å²) < 4.78 is 0. The van der Waals surface area contributed by atoms with Gasteiger partial charge in [-0.3, -0.25) is 4.79 Å². The molecule has 0 aromatic heterocycles. The molecule has 34 heavy (non-hydrogen) atoms. The molecular formula is C27H35N5O2. The quantitative estimate of drug-likeness (QED) is 0.365. The molecule has 0 atom stereocenters. The van der Waals surface area contributed by atoms with E-state index in [9.17, 15) is 9.90 Å². The first-order valence-corrected chi connectivity index (χ1v) is 12.3. The van der Waals surface area contributed by atoms with Gasteiger partial charge >= 0.3 is 0 Å². The summed E-state index contributed by atoms with van der Waals surface area (Å²) in [6.07, 6.45) is 3.63. The number of phenols is 1. The standard InChI is InChI=1S/C27H35N5O2/c1-26(2,3)19-9-12-23(33)22(17-19)30-25(29-20-10-11-20)31-15-13-27(14-16-31)24(34)28-18-32(27)21-7-5-4-6-8-21/h4-9,12,17,20,33H,10-11,13-16,18H2,1-3H3,(H,28,34)(H,29,30). The van der Waals surface area contributed by atoms with E-state index in [4.69, 9.17) is 4.99 Å². The second kappa shape index (κ2) is 8.53. The van der Waals surface area contributed by atoms with Crippen molar-refractivity contribution in [1.29, 1.82) is 0 Å². The number of hydrogen-bond donors (Lipinski definition) is 3. The number of aliphatic imine (C=N–C) groups is 1. The van der Waals surface area contributed by atoms with Gasteiger partial charge in [-0.05, 0) is 60.9 Å². The second-order valence-electron chi connectivity index (χ2n) is 10.7. The number of rotatable bonds is 3. The third kappa shape index (κ3) is 4.31. The summed E-state index contributed by atoms with van der Waals surface area (Å²) in [6.45, 7) is 8.47. The highest BCUT2D eigenvalue weighted by molar-refractivity contribution is 5.97. The average molecular weight is 462 g/mol. The van der Waals surface area contributed by atoms with Crippen LogP contribution in [-0.4, -0.2) is 53.2 Å². The topological polar surface area (TPSA) is 80.2 Å². The monoisotopic (exact) mass is 461 g/mol. The van der Waals surface area contributed by atoms with Crippen molar-refractivity contribution in [2.45, 2.75) is 63.5 Å². The maximum atomic E-state index is 13.0. The summed E-state index contributed by atoms with van der Waals surface area (Å²) >= 11 is 0. The van der Waals surface area contributed by atoms with Crippen LogP contribution < -0.4 is 15.5 Å². The molecule has 2 aliphatic heterocycles. The van der Waals surface area contributed by atoms with Gasteiger partial charge in [-0.1, -0.05) is 45.0 Å². The lowest BCUT2D eigenvalue weighted by Gasteiger charge is -2.44. The summed E-state index contributed by atoms with van der Waals surface area (Å²) in [5.41, 5.74) is 2.35. The summed E-state index contributed by atoms with van der Waals surface area (Å²) in [7, 11) is 0. The number of hydrogen-bond acceptors (Lipinski definition) is 4. The number of nitrogens with one attached hydrogen (secondary N) is 2. The molecule has 2 heterocycles. The zero-order valence-corrected chi connectivity index (χ0v) is 20.3. The molecule has 0 radical (unpaired) electrons. The summed E-state index contributed by atoms with van der Waals surface area (Å²) in [5.74, 6) is 1.12. The molecule has 2 saturated heterocycles. The van der Waals surface area contributed by atoms with Gasteiger partial charge in [0.05, 0.1) is 18.4 Å². The minimum absolute atomic E-state index is 0.0217. The Balaban J connectivity index is 1.37. The number of phenolic OH excluding ortho intramolecular Hbond substituents is 1. The van der Waals surface area contributed by atoms with Crippen LogP contribution in [0.25, 0.3) is 0 Å². The highest BCUT2D eigenvalue weighted by atomic mass is 16.3. The molecule has 1 saturated carbocycles. The van der Waals surface area contributed by atoms with Crippen LogP contribution in [-0.2, 0) is 10.2 Å². The average Bonchev–Trinajstić information content (AvgIpc) is 3.59. The van der Waals surface area contributed by atoms with E-state index in [1.807, 2.05) is 30.3 Å². The van der Waals surface area contributed by atoms with Gasteiger partial charge in [0.1, 0.15) is 11.3 Å². The summed E-state index contributed by atoms with van der Waals surface area (Å²) in [4.78, 5) is 22.4. The van der Waals surface area contributed by atoms with Crippen molar-refractivity contribution in [3.63, 3.8) is 0 Å². The summed E-state index contributed by atoms with van der Waals surface area (Å²) in [6, 6.07) is 16.3. The lowest BCUT2D eigenvalue weighted by atomic mass is 9.85. The Bertz CT molecular complexity index is 1080. The molecule has 3 fully saturated rings. The van der Waals surface area contributed by atoms with E-state index in [0.717, 1.165) is 43.1 Å². The van der Waals surface area contributed by atoms with Crippen molar-refractivity contribution in [1.82, 2.24) is 10.2 Å². The van der Waals surface area contributed by atoms with Crippen LogP contribution in [0.15, 0.2) is 53.5 Å².